The van der Waals surface area contributed by atoms with Crippen LogP contribution >= 0.6 is 0 Å². The van der Waals surface area contributed by atoms with Gasteiger partial charge < -0.3 is 19.0 Å². The van der Waals surface area contributed by atoms with Crippen molar-refractivity contribution in [3.63, 3.8) is 0 Å². The number of carbonyl (C=O) groups excluding carboxylic acids is 1. The van der Waals surface area contributed by atoms with E-state index in [1.165, 1.54) is 6.07 Å². The molecule has 0 atom stereocenters. The second kappa shape index (κ2) is 6.73. The molecule has 1 amide bonds. The van der Waals surface area contributed by atoms with E-state index in [9.17, 15) is 4.79 Å². The number of aromatic nitrogens is 3. The van der Waals surface area contributed by atoms with Gasteiger partial charge in [0.25, 0.3) is 11.8 Å². The molecule has 118 valence electrons. The molecule has 2 heterocycles. The standard InChI is InChI=1S/C15H14N4O4/c1-10-17-18-14(22-10)8-16-15(20)12-7-13(19-23-12)21-9-11-5-3-2-4-6-11/h2-7H,8-9H2,1H3,(H,16,20). The van der Waals surface area contributed by atoms with Crippen LogP contribution in [0.1, 0.15) is 27.9 Å². The first kappa shape index (κ1) is 14.8. The van der Waals surface area contributed by atoms with E-state index in [1.54, 1.807) is 6.92 Å². The number of hydrogen-bond donors (Lipinski definition) is 1. The molecule has 1 N–H and O–H groups in total. The third kappa shape index (κ3) is 3.94. The van der Waals surface area contributed by atoms with E-state index >= 15 is 0 Å². The number of benzene rings is 1. The van der Waals surface area contributed by atoms with Gasteiger partial charge in [-0.15, -0.1) is 10.2 Å². The molecule has 2 aromatic heterocycles. The first-order valence-corrected chi connectivity index (χ1v) is 6.91. The molecule has 0 radical (unpaired) electrons. The zero-order valence-corrected chi connectivity index (χ0v) is 12.4. The highest BCUT2D eigenvalue weighted by molar-refractivity contribution is 5.91. The summed E-state index contributed by atoms with van der Waals surface area (Å²) in [6.45, 7) is 2.13. The van der Waals surface area contributed by atoms with E-state index in [4.69, 9.17) is 13.7 Å². The predicted molar refractivity (Wildman–Crippen MR) is 77.5 cm³/mol. The molecule has 0 unspecified atom stereocenters. The summed E-state index contributed by atoms with van der Waals surface area (Å²) < 4.78 is 15.6. The predicted octanol–water partition coefficient (Wildman–Crippen LogP) is 1.88. The molecule has 0 aliphatic heterocycles. The Morgan fingerprint density at radius 1 is 1.26 bits per heavy atom. The van der Waals surface area contributed by atoms with E-state index in [2.05, 4.69) is 20.7 Å². The lowest BCUT2D eigenvalue weighted by Crippen LogP contribution is -2.22. The normalized spacial score (nSPS) is 10.5. The summed E-state index contributed by atoms with van der Waals surface area (Å²) in [6.07, 6.45) is 0. The summed E-state index contributed by atoms with van der Waals surface area (Å²) in [5, 5.41) is 13.7. The molecule has 0 fully saturated rings. The maximum Gasteiger partial charge on any atom is 0.290 e. The van der Waals surface area contributed by atoms with Crippen LogP contribution in [-0.4, -0.2) is 21.3 Å². The van der Waals surface area contributed by atoms with Gasteiger partial charge >= 0.3 is 0 Å². The summed E-state index contributed by atoms with van der Waals surface area (Å²) >= 11 is 0. The van der Waals surface area contributed by atoms with Crippen molar-refractivity contribution in [2.75, 3.05) is 0 Å². The van der Waals surface area contributed by atoms with Crippen LogP contribution in [0.15, 0.2) is 45.3 Å². The van der Waals surface area contributed by atoms with Gasteiger partial charge in [0.15, 0.2) is 0 Å². The van der Waals surface area contributed by atoms with Crippen LogP contribution in [0.25, 0.3) is 0 Å². The molecule has 0 aliphatic carbocycles. The fraction of sp³-hybridized carbons (Fsp3) is 0.200. The van der Waals surface area contributed by atoms with Crippen LogP contribution in [0.3, 0.4) is 0 Å². The minimum absolute atomic E-state index is 0.0456. The molecule has 0 spiro atoms. The number of carbonyl (C=O) groups is 1. The number of rotatable bonds is 6. The quantitative estimate of drug-likeness (QED) is 0.740. The second-order valence-electron chi connectivity index (χ2n) is 4.70. The van der Waals surface area contributed by atoms with Crippen LogP contribution in [0, 0.1) is 6.92 Å². The van der Waals surface area contributed by atoms with Crippen molar-refractivity contribution in [3.05, 3.63) is 59.5 Å². The largest absolute Gasteiger partial charge is 0.471 e. The van der Waals surface area contributed by atoms with E-state index in [0.717, 1.165) is 5.56 Å². The van der Waals surface area contributed by atoms with Crippen LogP contribution in [0.2, 0.25) is 0 Å². The van der Waals surface area contributed by atoms with Crippen LogP contribution in [-0.2, 0) is 13.2 Å². The Morgan fingerprint density at radius 2 is 2.09 bits per heavy atom. The third-order valence-corrected chi connectivity index (χ3v) is 2.91. The average molecular weight is 314 g/mol. The number of nitrogens with zero attached hydrogens (tertiary/aromatic N) is 3. The first-order chi connectivity index (χ1) is 11.2. The highest BCUT2D eigenvalue weighted by Gasteiger charge is 2.14. The van der Waals surface area contributed by atoms with Crippen molar-refractivity contribution in [2.45, 2.75) is 20.1 Å². The Kier molecular flexibility index (Phi) is 4.32. The molecular formula is C15H14N4O4. The molecule has 1 aromatic carbocycles. The summed E-state index contributed by atoms with van der Waals surface area (Å²) in [5.74, 6) is 0.598. The molecule has 0 aliphatic rings. The van der Waals surface area contributed by atoms with Gasteiger partial charge in [0, 0.05) is 6.92 Å². The van der Waals surface area contributed by atoms with Gasteiger partial charge in [-0.2, -0.15) is 0 Å². The Morgan fingerprint density at radius 3 is 2.83 bits per heavy atom. The van der Waals surface area contributed by atoms with Crippen LogP contribution in [0.4, 0.5) is 0 Å². The fourth-order valence-corrected chi connectivity index (χ4v) is 1.82. The number of hydrogen-bond acceptors (Lipinski definition) is 7. The van der Waals surface area contributed by atoms with Gasteiger partial charge in [-0.3, -0.25) is 4.79 Å². The molecule has 0 bridgehead atoms. The topological polar surface area (TPSA) is 103 Å². The van der Waals surface area contributed by atoms with Gasteiger partial charge in [-0.1, -0.05) is 30.3 Å². The maximum absolute atomic E-state index is 11.9. The van der Waals surface area contributed by atoms with Crippen molar-refractivity contribution in [3.8, 4) is 5.88 Å². The van der Waals surface area contributed by atoms with Gasteiger partial charge in [-0.25, -0.2) is 0 Å². The van der Waals surface area contributed by atoms with Crippen LogP contribution < -0.4 is 10.1 Å². The molecule has 23 heavy (non-hydrogen) atoms. The van der Waals surface area contributed by atoms with Crippen molar-refractivity contribution >= 4 is 5.91 Å². The van der Waals surface area contributed by atoms with Gasteiger partial charge in [-0.05, 0) is 10.7 Å². The van der Waals surface area contributed by atoms with E-state index in [-0.39, 0.29) is 18.2 Å². The molecule has 8 nitrogen and oxygen atoms in total. The number of aryl methyl sites for hydroxylation is 1. The van der Waals surface area contributed by atoms with E-state index < -0.39 is 5.91 Å². The van der Waals surface area contributed by atoms with E-state index in [0.29, 0.717) is 18.4 Å². The summed E-state index contributed by atoms with van der Waals surface area (Å²) in [6, 6.07) is 11.0. The van der Waals surface area contributed by atoms with Crippen molar-refractivity contribution in [1.82, 2.24) is 20.7 Å². The molecule has 3 rings (SSSR count). The monoisotopic (exact) mass is 314 g/mol. The Labute approximate surface area is 131 Å². The van der Waals surface area contributed by atoms with Crippen molar-refractivity contribution < 1.29 is 18.5 Å². The third-order valence-electron chi connectivity index (χ3n) is 2.91. The lowest BCUT2D eigenvalue weighted by Gasteiger charge is -2.00. The fourth-order valence-electron chi connectivity index (χ4n) is 1.82. The van der Waals surface area contributed by atoms with Crippen molar-refractivity contribution in [1.29, 1.82) is 0 Å². The number of amides is 1. The van der Waals surface area contributed by atoms with E-state index in [1.807, 2.05) is 30.3 Å². The number of nitrogens with one attached hydrogen (secondary N) is 1. The zero-order valence-electron chi connectivity index (χ0n) is 12.4. The SMILES string of the molecule is Cc1nnc(CNC(=O)c2cc(OCc3ccccc3)no2)o1. The average Bonchev–Trinajstić information content (AvgIpc) is 3.21. The smallest absolute Gasteiger partial charge is 0.290 e. The maximum atomic E-state index is 11.9. The Balaban J connectivity index is 1.52. The van der Waals surface area contributed by atoms with Gasteiger partial charge in [0.2, 0.25) is 17.5 Å². The minimum Gasteiger partial charge on any atom is -0.471 e. The molecule has 0 saturated heterocycles. The summed E-state index contributed by atoms with van der Waals surface area (Å²) in [5.41, 5.74) is 0.994. The Hall–Kier alpha value is -3.16. The van der Waals surface area contributed by atoms with Crippen molar-refractivity contribution in [2.24, 2.45) is 0 Å². The summed E-state index contributed by atoms with van der Waals surface area (Å²) in [4.78, 5) is 11.9. The molecular weight excluding hydrogens is 300 g/mol. The minimum atomic E-state index is -0.442. The second-order valence-corrected chi connectivity index (χ2v) is 4.70. The highest BCUT2D eigenvalue weighted by atomic mass is 16.5. The zero-order chi connectivity index (χ0) is 16.1. The van der Waals surface area contributed by atoms with Crippen LogP contribution in [0.5, 0.6) is 5.88 Å². The lowest BCUT2D eigenvalue weighted by molar-refractivity contribution is 0.0909. The Bertz CT molecular complexity index is 782. The molecule has 8 heteroatoms. The van der Waals surface area contributed by atoms with Gasteiger partial charge in [0.05, 0.1) is 12.6 Å². The molecule has 3 aromatic rings. The summed E-state index contributed by atoms with van der Waals surface area (Å²) in [7, 11) is 0. The number of ether oxygens (including phenoxy) is 1. The lowest BCUT2D eigenvalue weighted by atomic mass is 10.2. The molecule has 0 saturated carbocycles. The highest BCUT2D eigenvalue weighted by Crippen LogP contribution is 2.13. The van der Waals surface area contributed by atoms with Gasteiger partial charge in [0.1, 0.15) is 6.61 Å². The first-order valence-electron chi connectivity index (χ1n) is 6.91.